The summed E-state index contributed by atoms with van der Waals surface area (Å²) in [7, 11) is 0. The van der Waals surface area contributed by atoms with Gasteiger partial charge in [0.1, 0.15) is 17.9 Å². The number of rotatable bonds is 31. The first-order valence-corrected chi connectivity index (χ1v) is 30.1. The second-order valence-corrected chi connectivity index (χ2v) is 23.5. The molecule has 0 bridgehead atoms. The van der Waals surface area contributed by atoms with E-state index in [0.717, 1.165) is 51.5 Å². The number of hydrogen-bond donors (Lipinski definition) is 6. The highest BCUT2D eigenvalue weighted by Crippen LogP contribution is 2.41. The van der Waals surface area contributed by atoms with Gasteiger partial charge in [-0.15, -0.1) is 11.3 Å². The number of nitrogens with one attached hydrogen (secondary N) is 5. The van der Waals surface area contributed by atoms with Crippen LogP contribution in [0.4, 0.5) is 15.9 Å². The van der Waals surface area contributed by atoms with Gasteiger partial charge in [-0.05, 0) is 54.5 Å². The van der Waals surface area contributed by atoms with Gasteiger partial charge >= 0.3 is 0 Å². The smallest absolute Gasteiger partial charge is 0.254 e. The van der Waals surface area contributed by atoms with Gasteiger partial charge in [-0.1, -0.05) is 45.0 Å². The minimum absolute atomic E-state index is 0.0108. The lowest BCUT2D eigenvalue weighted by molar-refractivity contribution is -0.144. The summed E-state index contributed by atoms with van der Waals surface area (Å²) in [6.07, 6.45) is 8.52. The number of benzene rings is 2. The Hall–Kier alpha value is -7.30. The van der Waals surface area contributed by atoms with Gasteiger partial charge in [-0.3, -0.25) is 38.4 Å². The molecule has 6 heterocycles. The molecule has 2 aliphatic heterocycles. The summed E-state index contributed by atoms with van der Waals surface area (Å²) in [6, 6.07) is 10.4. The first-order valence-electron chi connectivity index (χ1n) is 29.3. The molecule has 2 aromatic carbocycles. The van der Waals surface area contributed by atoms with Crippen LogP contribution in [0, 0.1) is 18.2 Å². The van der Waals surface area contributed by atoms with Gasteiger partial charge in [-0.25, -0.2) is 19.3 Å². The number of piperazine rings is 1. The van der Waals surface area contributed by atoms with Crippen molar-refractivity contribution >= 4 is 58.0 Å². The number of β-amino-alcohol motifs (C(OH)–C–C–N with tert-alkyl or cyclic N) is 1. The minimum atomic E-state index is -0.944. The van der Waals surface area contributed by atoms with Gasteiger partial charge in [0.05, 0.1) is 124 Å². The van der Waals surface area contributed by atoms with Crippen molar-refractivity contribution in [2.75, 3.05) is 117 Å². The Morgan fingerprint density at radius 3 is 2.14 bits per heavy atom. The number of hydrogen-bond acceptors (Lipinski definition) is 18. The Morgan fingerprint density at radius 1 is 0.826 bits per heavy atom. The van der Waals surface area contributed by atoms with Crippen LogP contribution < -0.4 is 21.3 Å². The molecule has 86 heavy (non-hydrogen) atoms. The number of aryl methyl sites for hydroxylation is 1. The van der Waals surface area contributed by atoms with Crippen molar-refractivity contribution < 1.29 is 57.2 Å². The molecule has 462 valence electrons. The zero-order chi connectivity index (χ0) is 60.6. The number of fused-ring (bicyclic) bond motifs is 1. The number of amides is 5. The predicted octanol–water partition coefficient (Wildman–Crippen LogP) is 4.47. The van der Waals surface area contributed by atoms with E-state index in [2.05, 4.69) is 41.4 Å². The molecule has 9 rings (SSSR count). The Labute approximate surface area is 502 Å². The largest absolute Gasteiger partial charge is 0.391 e. The number of imidazole rings is 1. The lowest BCUT2D eigenvalue weighted by Gasteiger charge is -2.35. The van der Waals surface area contributed by atoms with E-state index in [1.54, 1.807) is 47.0 Å². The van der Waals surface area contributed by atoms with Crippen molar-refractivity contribution in [3.05, 3.63) is 101 Å². The minimum Gasteiger partial charge on any atom is -0.391 e. The Balaban J connectivity index is 0.557. The number of aromatic nitrogens is 6. The van der Waals surface area contributed by atoms with Crippen molar-refractivity contribution in [1.29, 1.82) is 0 Å². The molecular weight excluding hydrogens is 1130 g/mol. The normalized spacial score (nSPS) is 16.8. The zero-order valence-electron chi connectivity index (χ0n) is 49.2. The Bertz CT molecular complexity index is 3220. The van der Waals surface area contributed by atoms with Gasteiger partial charge in [0, 0.05) is 88.1 Å². The van der Waals surface area contributed by atoms with Crippen LogP contribution in [0.2, 0.25) is 0 Å². The molecule has 2 saturated heterocycles. The third kappa shape index (κ3) is 17.5. The quantitative estimate of drug-likeness (QED) is 0.0328. The van der Waals surface area contributed by atoms with Gasteiger partial charge in [0.2, 0.25) is 23.6 Å². The average molecular weight is 1210 g/mol. The fourth-order valence-corrected chi connectivity index (χ4v) is 10.9. The second kappa shape index (κ2) is 30.4. The number of ether oxygens (including phenoxy) is 5. The van der Waals surface area contributed by atoms with Crippen LogP contribution in [-0.2, 0) is 49.4 Å². The molecule has 3 fully saturated rings. The summed E-state index contributed by atoms with van der Waals surface area (Å²) in [5, 5.41) is 29.2. The topological polar surface area (TPSA) is 281 Å². The maximum atomic E-state index is 15.6. The first kappa shape index (κ1) is 63.2. The van der Waals surface area contributed by atoms with E-state index in [4.69, 9.17) is 28.7 Å². The molecule has 0 radical (unpaired) electrons. The van der Waals surface area contributed by atoms with Crippen molar-refractivity contribution in [3.63, 3.8) is 0 Å². The van der Waals surface area contributed by atoms with Crippen LogP contribution in [0.25, 0.3) is 27.3 Å². The van der Waals surface area contributed by atoms with E-state index in [1.807, 2.05) is 73.0 Å². The maximum Gasteiger partial charge on any atom is 0.254 e. The molecule has 0 unspecified atom stereocenters. The number of nitrogens with zero attached hydrogens (tertiary/aromatic N) is 8. The number of thiazole rings is 1. The summed E-state index contributed by atoms with van der Waals surface area (Å²) in [5.41, 5.74) is 7.55. The highest BCUT2D eigenvalue weighted by molar-refractivity contribution is 7.13. The van der Waals surface area contributed by atoms with Crippen molar-refractivity contribution in [2.45, 2.75) is 84.0 Å². The molecule has 1 aliphatic carbocycles. The van der Waals surface area contributed by atoms with Gasteiger partial charge in [0.25, 0.3) is 5.91 Å². The highest BCUT2D eigenvalue weighted by Gasteiger charge is 2.44. The summed E-state index contributed by atoms with van der Waals surface area (Å²) >= 11 is 1.57. The van der Waals surface area contributed by atoms with Gasteiger partial charge < -0.3 is 59.9 Å². The molecule has 3 atom stereocenters. The number of H-pyrrole nitrogens is 1. The number of aliphatic hydroxyl groups excluding tert-OH is 1. The Morgan fingerprint density at radius 2 is 1.51 bits per heavy atom. The summed E-state index contributed by atoms with van der Waals surface area (Å²) in [4.78, 5) is 86.3. The van der Waals surface area contributed by atoms with E-state index < -0.39 is 35.3 Å². The highest BCUT2D eigenvalue weighted by atomic mass is 32.1. The van der Waals surface area contributed by atoms with Crippen molar-refractivity contribution in [2.24, 2.45) is 5.41 Å². The van der Waals surface area contributed by atoms with Crippen LogP contribution in [0.15, 0.2) is 72.8 Å². The average Bonchev–Trinajstić information content (AvgIpc) is 1.82. The molecule has 4 aromatic heterocycles. The third-order valence-corrected chi connectivity index (χ3v) is 16.0. The second-order valence-electron chi connectivity index (χ2n) is 22.6. The number of likely N-dealkylation sites (tertiary alicyclic amines) is 1. The van der Waals surface area contributed by atoms with Crippen LogP contribution in [-0.4, -0.2) is 209 Å². The number of carbonyl (C=O) groups excluding carboxylic acids is 5. The first-order chi connectivity index (χ1) is 41.6. The zero-order valence-corrected chi connectivity index (χ0v) is 50.0. The van der Waals surface area contributed by atoms with Crippen molar-refractivity contribution in [1.82, 2.24) is 60.2 Å². The fourth-order valence-electron chi connectivity index (χ4n) is 10.1. The van der Waals surface area contributed by atoms with Crippen LogP contribution in [0.1, 0.15) is 79.7 Å². The lowest BCUT2D eigenvalue weighted by Crippen LogP contribution is -2.57. The third-order valence-electron chi connectivity index (χ3n) is 15.0. The lowest BCUT2D eigenvalue weighted by atomic mass is 9.85. The van der Waals surface area contributed by atoms with Crippen LogP contribution in [0.3, 0.4) is 0 Å². The van der Waals surface area contributed by atoms with Crippen molar-refractivity contribution in [3.8, 4) is 21.7 Å². The van der Waals surface area contributed by atoms with E-state index in [0.29, 0.717) is 103 Å². The summed E-state index contributed by atoms with van der Waals surface area (Å²) in [6.45, 7) is 13.1. The predicted molar refractivity (Wildman–Crippen MR) is 318 cm³/mol. The molecule has 1 saturated carbocycles. The number of halogens is 1. The number of aliphatic hydroxyl groups is 1. The molecule has 26 heteroatoms. The maximum absolute atomic E-state index is 15.6. The summed E-state index contributed by atoms with van der Waals surface area (Å²) in [5.74, 6) is -1.45. The van der Waals surface area contributed by atoms with Gasteiger partial charge in [0.15, 0.2) is 11.5 Å². The molecule has 24 nitrogen and oxygen atoms in total. The molecule has 0 spiro atoms. The number of anilines is 2. The van der Waals surface area contributed by atoms with E-state index in [-0.39, 0.29) is 80.6 Å². The Kier molecular flexibility index (Phi) is 22.3. The molecule has 5 amide bonds. The van der Waals surface area contributed by atoms with E-state index in [9.17, 15) is 29.1 Å². The van der Waals surface area contributed by atoms with Gasteiger partial charge in [-0.2, -0.15) is 5.10 Å². The van der Waals surface area contributed by atoms with Crippen LogP contribution >= 0.6 is 11.3 Å². The SMILES string of the molecule is Cc1ncsc1-c1ccc(CNC(=O)[C@@H]2C[C@@H](O)CN2C(=O)[C@@H](NC(=O)CCOCCOCCOCCOCCOCCNC(=O)CN2CCN(C(=O)c3ccc(Nc4nc(C5CC5)cn5c(-c6cn[nH]c6)cnc45)c(F)c3)CC2)C(C)(C)C)cc1. The van der Waals surface area contributed by atoms with E-state index >= 15 is 4.39 Å². The number of carbonyl (C=O) groups is 5. The number of aromatic amines is 1. The fraction of sp³-hybridized carbons (Fsp3) is 0.517. The molecular formula is C60H78FN13O11S. The monoisotopic (exact) mass is 1210 g/mol. The standard InChI is InChI=1S/C60H78FN13O11S/c1-39-53(86-38-65-39)42-7-5-40(6-8-42)31-64-57(78)49-30-45(75)35-74(49)59(80)54(60(2,3)4)70-51(76)13-19-81-21-23-83-25-27-85-28-26-84-24-22-82-20-14-62-52(77)37-71-15-17-72(18-16-71)58(79)43-11-12-47(46(61)29-43)68-55-56-63-34-50(44-32-66-67-33-44)73(56)36-48(69-55)41-9-10-41/h5-8,11-12,29,32-34,36,38,41,45,49,54,75H,9-10,13-28,30-31,35,37H2,1-4H3,(H,62,77)(H,64,78)(H,66,67)(H,68,69)(H,70,76)/t45-,49+,54-/m1/s1. The molecule has 6 N–H and O–H groups in total. The van der Waals surface area contributed by atoms with E-state index in [1.165, 1.54) is 11.0 Å². The molecule has 6 aromatic rings. The molecule has 3 aliphatic rings. The summed E-state index contributed by atoms with van der Waals surface area (Å²) < 4.78 is 45.5. The van der Waals surface area contributed by atoms with Crippen LogP contribution in [0.5, 0.6) is 0 Å².